The molecule has 41 heavy (non-hydrogen) atoms. The molecular weight excluding hydrogens is 606 g/mol. The van der Waals surface area contributed by atoms with Crippen LogP contribution in [0.1, 0.15) is 146 Å². The average molecular weight is 661 g/mol. The van der Waals surface area contributed by atoms with Crippen molar-refractivity contribution in [1.29, 1.82) is 0 Å². The third-order valence-corrected chi connectivity index (χ3v) is 12.3. The summed E-state index contributed by atoms with van der Waals surface area (Å²) in [5.41, 5.74) is 2.92. The zero-order chi connectivity index (χ0) is 28.1. The number of aliphatic imine (C=N–C) groups is 2. The maximum Gasteiger partial charge on any atom is 0.157 e. The van der Waals surface area contributed by atoms with Crippen LogP contribution in [0.2, 0.25) is 0 Å². The Labute approximate surface area is 267 Å². The average Bonchev–Trinajstić information content (AvgIpc) is 3.01. The molecule has 1 aromatic rings. The normalized spacial score (nSPS) is 23.1. The van der Waals surface area contributed by atoms with Gasteiger partial charge in [0.2, 0.25) is 0 Å². The van der Waals surface area contributed by atoms with Gasteiger partial charge in [-0.15, -0.1) is 11.8 Å². The van der Waals surface area contributed by atoms with Crippen LogP contribution < -0.4 is 5.32 Å². The zero-order valence-corrected chi connectivity index (χ0v) is 28.6. The molecule has 4 fully saturated rings. The standard InChI is InChI=1S/C35H54BrN3S2/c36-30-22-21-28(25-41-35(38-32-17-9-3-10-18-32)39-33-19-11-4-12-20-33)29(24-30)26-40-34(23-27-13-5-1-6-14-27)37-31-15-7-2-8-16-31/h21-22,24,27,31-33H,1-20,23,25-26H2,(H,38,39). The van der Waals surface area contributed by atoms with Crippen molar-refractivity contribution in [2.75, 3.05) is 0 Å². The minimum Gasteiger partial charge on any atom is -0.362 e. The summed E-state index contributed by atoms with van der Waals surface area (Å²) in [6, 6.07) is 8.64. The summed E-state index contributed by atoms with van der Waals surface area (Å²) in [6.07, 6.45) is 28.3. The third kappa shape index (κ3) is 11.2. The predicted molar refractivity (Wildman–Crippen MR) is 187 cm³/mol. The second kappa shape index (κ2) is 17.7. The highest BCUT2D eigenvalue weighted by atomic mass is 79.9. The van der Waals surface area contributed by atoms with Crippen molar-refractivity contribution in [2.45, 2.75) is 164 Å². The summed E-state index contributed by atoms with van der Waals surface area (Å²) < 4.78 is 1.19. The quantitative estimate of drug-likeness (QED) is 0.212. The van der Waals surface area contributed by atoms with E-state index < -0.39 is 0 Å². The van der Waals surface area contributed by atoms with Gasteiger partial charge < -0.3 is 5.32 Å². The van der Waals surface area contributed by atoms with Crippen molar-refractivity contribution in [3.8, 4) is 0 Å². The molecule has 0 atom stereocenters. The highest BCUT2D eigenvalue weighted by molar-refractivity contribution is 9.10. The number of nitrogens with zero attached hydrogens (tertiary/aromatic N) is 2. The fourth-order valence-corrected chi connectivity index (χ4v) is 9.92. The molecule has 4 saturated carbocycles. The van der Waals surface area contributed by atoms with E-state index in [1.165, 1.54) is 161 Å². The molecule has 3 nitrogen and oxygen atoms in total. The number of amidine groups is 1. The van der Waals surface area contributed by atoms with Crippen LogP contribution in [0.25, 0.3) is 0 Å². The van der Waals surface area contributed by atoms with E-state index in [1.54, 1.807) is 0 Å². The molecule has 1 N–H and O–H groups in total. The Hall–Kier alpha value is -0.460. The van der Waals surface area contributed by atoms with Crippen molar-refractivity contribution in [3.05, 3.63) is 33.8 Å². The van der Waals surface area contributed by atoms with Gasteiger partial charge in [0.15, 0.2) is 5.17 Å². The summed E-state index contributed by atoms with van der Waals surface area (Å²) in [5.74, 6) is 2.87. The van der Waals surface area contributed by atoms with Crippen LogP contribution in [0.15, 0.2) is 32.7 Å². The number of thioether (sulfide) groups is 2. The SMILES string of the molecule is Brc1ccc(CSC(=NC2CCCCC2)NC2CCCCC2)c(CSC(CC2CCCCC2)=NC2CCCCC2)c1. The van der Waals surface area contributed by atoms with E-state index in [2.05, 4.69) is 51.2 Å². The maximum atomic E-state index is 5.43. The lowest BCUT2D eigenvalue weighted by Gasteiger charge is -2.26. The molecule has 0 unspecified atom stereocenters. The minimum atomic E-state index is 0.514. The largest absolute Gasteiger partial charge is 0.362 e. The number of benzene rings is 1. The fraction of sp³-hybridized carbons (Fsp3) is 0.771. The topological polar surface area (TPSA) is 36.8 Å². The van der Waals surface area contributed by atoms with Crippen LogP contribution in [-0.4, -0.2) is 28.3 Å². The predicted octanol–water partition coefficient (Wildman–Crippen LogP) is 11.2. The van der Waals surface area contributed by atoms with E-state index in [1.807, 2.05) is 11.8 Å². The Kier molecular flexibility index (Phi) is 13.8. The lowest BCUT2D eigenvalue weighted by molar-refractivity contribution is 0.368. The van der Waals surface area contributed by atoms with Gasteiger partial charge in [0.1, 0.15) is 0 Å². The van der Waals surface area contributed by atoms with Crippen molar-refractivity contribution < 1.29 is 0 Å². The summed E-state index contributed by atoms with van der Waals surface area (Å²) in [7, 11) is 0. The molecular formula is C35H54BrN3S2. The molecule has 0 radical (unpaired) electrons. The van der Waals surface area contributed by atoms with E-state index >= 15 is 0 Å². The van der Waals surface area contributed by atoms with Crippen LogP contribution in [0, 0.1) is 5.92 Å². The van der Waals surface area contributed by atoms with Gasteiger partial charge in [-0.05, 0) is 74.1 Å². The Morgan fingerprint density at radius 3 is 1.88 bits per heavy atom. The van der Waals surface area contributed by atoms with Gasteiger partial charge in [0.25, 0.3) is 0 Å². The van der Waals surface area contributed by atoms with E-state index in [-0.39, 0.29) is 0 Å². The highest BCUT2D eigenvalue weighted by Crippen LogP contribution is 2.33. The molecule has 0 aromatic heterocycles. The Balaban J connectivity index is 1.25. The van der Waals surface area contributed by atoms with Crippen LogP contribution in [0.5, 0.6) is 0 Å². The third-order valence-electron chi connectivity index (χ3n) is 9.82. The second-order valence-corrected chi connectivity index (χ2v) is 16.1. The van der Waals surface area contributed by atoms with Crippen LogP contribution in [0.4, 0.5) is 0 Å². The number of hydrogen-bond donors (Lipinski definition) is 1. The smallest absolute Gasteiger partial charge is 0.157 e. The first-order chi connectivity index (χ1) is 20.2. The van der Waals surface area contributed by atoms with Crippen LogP contribution in [-0.2, 0) is 11.5 Å². The Bertz CT molecular complexity index is 972. The fourth-order valence-electron chi connectivity index (χ4n) is 7.29. The summed E-state index contributed by atoms with van der Waals surface area (Å²) in [5, 5.41) is 6.58. The lowest BCUT2D eigenvalue weighted by atomic mass is 9.87. The van der Waals surface area contributed by atoms with E-state index in [4.69, 9.17) is 9.98 Å². The molecule has 4 aliphatic rings. The molecule has 0 bridgehead atoms. The molecule has 0 amide bonds. The Morgan fingerprint density at radius 1 is 0.659 bits per heavy atom. The molecule has 6 heteroatoms. The first-order valence-corrected chi connectivity index (χ1v) is 19.9. The van der Waals surface area contributed by atoms with Crippen LogP contribution >= 0.6 is 39.5 Å². The van der Waals surface area contributed by atoms with Gasteiger partial charge in [0, 0.05) is 22.0 Å². The number of nitrogens with one attached hydrogen (secondary N) is 1. The van der Waals surface area contributed by atoms with E-state index in [0.29, 0.717) is 18.1 Å². The molecule has 5 rings (SSSR count). The van der Waals surface area contributed by atoms with Gasteiger partial charge in [-0.2, -0.15) is 0 Å². The second-order valence-electron chi connectivity index (χ2n) is 13.2. The molecule has 0 saturated heterocycles. The van der Waals surface area contributed by atoms with Crippen molar-refractivity contribution >= 4 is 49.7 Å². The van der Waals surface area contributed by atoms with E-state index in [0.717, 1.165) is 17.4 Å². The van der Waals surface area contributed by atoms with Crippen LogP contribution in [0.3, 0.4) is 0 Å². The van der Waals surface area contributed by atoms with Gasteiger partial charge in [-0.25, -0.2) is 0 Å². The minimum absolute atomic E-state index is 0.514. The highest BCUT2D eigenvalue weighted by Gasteiger charge is 2.21. The molecule has 0 heterocycles. The van der Waals surface area contributed by atoms with E-state index in [9.17, 15) is 0 Å². The lowest BCUT2D eigenvalue weighted by Crippen LogP contribution is -2.35. The van der Waals surface area contributed by atoms with Gasteiger partial charge >= 0.3 is 0 Å². The molecule has 0 spiro atoms. The number of halogens is 1. The maximum absolute atomic E-state index is 5.43. The summed E-state index contributed by atoms with van der Waals surface area (Å²) in [6.45, 7) is 0. The Morgan fingerprint density at radius 2 is 1.22 bits per heavy atom. The summed E-state index contributed by atoms with van der Waals surface area (Å²) in [4.78, 5) is 10.8. The van der Waals surface area contributed by atoms with Crippen molar-refractivity contribution in [1.82, 2.24) is 5.32 Å². The molecule has 1 aromatic carbocycles. The molecule has 4 aliphatic carbocycles. The first-order valence-electron chi connectivity index (χ1n) is 17.1. The summed E-state index contributed by atoms with van der Waals surface area (Å²) >= 11 is 7.80. The first kappa shape index (κ1) is 31.9. The van der Waals surface area contributed by atoms with Gasteiger partial charge in [-0.1, -0.05) is 124 Å². The van der Waals surface area contributed by atoms with Gasteiger partial charge in [0.05, 0.1) is 17.1 Å². The van der Waals surface area contributed by atoms with Crippen molar-refractivity contribution in [3.63, 3.8) is 0 Å². The molecule has 0 aliphatic heterocycles. The van der Waals surface area contributed by atoms with Gasteiger partial charge in [-0.3, -0.25) is 9.98 Å². The van der Waals surface area contributed by atoms with Crippen molar-refractivity contribution in [2.24, 2.45) is 15.9 Å². The number of rotatable bonds is 9. The number of hydrogen-bond acceptors (Lipinski definition) is 4. The molecule has 228 valence electrons. The zero-order valence-electron chi connectivity index (χ0n) is 25.4. The monoisotopic (exact) mass is 659 g/mol.